The maximum absolute atomic E-state index is 12.8. The minimum absolute atomic E-state index is 0.0534. The molecule has 0 unspecified atom stereocenters. The van der Waals surface area contributed by atoms with Gasteiger partial charge in [0.05, 0.1) is 22.6 Å². The summed E-state index contributed by atoms with van der Waals surface area (Å²) < 4.78 is 12.8. The summed E-state index contributed by atoms with van der Waals surface area (Å²) in [4.78, 5) is 37.5. The number of carbonyl (C=O) groups is 3. The number of imide groups is 1. The Bertz CT molecular complexity index is 852. The van der Waals surface area contributed by atoms with Crippen molar-refractivity contribution in [3.63, 3.8) is 0 Å². The molecule has 0 atom stereocenters. The van der Waals surface area contributed by atoms with E-state index in [-0.39, 0.29) is 47.4 Å². The van der Waals surface area contributed by atoms with Gasteiger partial charge >= 0.3 is 0 Å². The predicted octanol–water partition coefficient (Wildman–Crippen LogP) is 2.43. The molecule has 2 aromatic carbocycles. The maximum atomic E-state index is 12.8. The second-order valence-electron chi connectivity index (χ2n) is 5.58. The first kappa shape index (κ1) is 17.1. The number of hydrogen-bond donors (Lipinski definition) is 1. The quantitative estimate of drug-likeness (QED) is 0.833. The van der Waals surface area contributed by atoms with E-state index in [1.54, 1.807) is 18.2 Å². The Balaban J connectivity index is 1.55. The van der Waals surface area contributed by atoms with Gasteiger partial charge in [-0.3, -0.25) is 19.3 Å². The Morgan fingerprint density at radius 2 is 1.80 bits per heavy atom. The molecule has 2 aromatic rings. The van der Waals surface area contributed by atoms with Gasteiger partial charge in [0, 0.05) is 13.1 Å². The molecule has 1 aliphatic rings. The van der Waals surface area contributed by atoms with Gasteiger partial charge in [-0.15, -0.1) is 0 Å². The fourth-order valence-corrected chi connectivity index (χ4v) is 2.91. The van der Waals surface area contributed by atoms with Crippen LogP contribution in [0.25, 0.3) is 0 Å². The van der Waals surface area contributed by atoms with E-state index in [0.29, 0.717) is 5.56 Å². The molecule has 0 aliphatic carbocycles. The summed E-state index contributed by atoms with van der Waals surface area (Å²) in [5, 5.41) is 2.88. The Morgan fingerprint density at radius 1 is 1.08 bits per heavy atom. The van der Waals surface area contributed by atoms with E-state index in [9.17, 15) is 18.8 Å². The largest absolute Gasteiger partial charge is 0.354 e. The van der Waals surface area contributed by atoms with E-state index in [1.165, 1.54) is 24.3 Å². The number of fused-ring (bicyclic) bond motifs is 1. The smallest absolute Gasteiger partial charge is 0.263 e. The molecule has 1 aliphatic heterocycles. The van der Waals surface area contributed by atoms with Crippen molar-refractivity contribution in [1.82, 2.24) is 10.2 Å². The summed E-state index contributed by atoms with van der Waals surface area (Å²) in [5.41, 5.74) is 1.15. The van der Waals surface area contributed by atoms with Gasteiger partial charge in [0.2, 0.25) is 5.91 Å². The van der Waals surface area contributed by atoms with Crippen LogP contribution in [0.3, 0.4) is 0 Å². The molecule has 0 saturated heterocycles. The highest BCUT2D eigenvalue weighted by atomic mass is 35.5. The Labute approximate surface area is 148 Å². The fraction of sp³-hybridized carbons (Fsp3) is 0.167. The third-order valence-corrected chi connectivity index (χ3v) is 4.20. The van der Waals surface area contributed by atoms with Crippen molar-refractivity contribution in [3.8, 4) is 0 Å². The second kappa shape index (κ2) is 7.03. The highest BCUT2D eigenvalue weighted by Crippen LogP contribution is 2.28. The van der Waals surface area contributed by atoms with Crippen molar-refractivity contribution in [3.05, 3.63) is 70.0 Å². The lowest BCUT2D eigenvalue weighted by Gasteiger charge is -2.14. The number of rotatable bonds is 5. The molecule has 7 heteroatoms. The Morgan fingerprint density at radius 3 is 2.48 bits per heavy atom. The molecule has 3 amide bonds. The fourth-order valence-electron chi connectivity index (χ4n) is 2.65. The number of nitrogens with one attached hydrogen (secondary N) is 1. The van der Waals surface area contributed by atoms with Crippen LogP contribution in [0.1, 0.15) is 26.3 Å². The van der Waals surface area contributed by atoms with E-state index < -0.39 is 11.8 Å². The molecule has 0 fully saturated rings. The third kappa shape index (κ3) is 3.53. The minimum Gasteiger partial charge on any atom is -0.354 e. The topological polar surface area (TPSA) is 66.5 Å². The summed E-state index contributed by atoms with van der Waals surface area (Å²) in [6.45, 7) is 0.181. The lowest BCUT2D eigenvalue weighted by atomic mass is 10.1. The lowest BCUT2D eigenvalue weighted by molar-refractivity contribution is -0.120. The zero-order chi connectivity index (χ0) is 18.0. The molecule has 0 spiro atoms. The van der Waals surface area contributed by atoms with Crippen LogP contribution in [0.4, 0.5) is 4.39 Å². The van der Waals surface area contributed by atoms with E-state index in [4.69, 9.17) is 11.6 Å². The number of benzene rings is 2. The molecule has 0 saturated carbocycles. The second-order valence-corrected chi connectivity index (χ2v) is 5.98. The zero-order valence-corrected chi connectivity index (χ0v) is 13.8. The van der Waals surface area contributed by atoms with Crippen molar-refractivity contribution in [2.45, 2.75) is 6.42 Å². The van der Waals surface area contributed by atoms with Crippen LogP contribution >= 0.6 is 11.6 Å². The maximum Gasteiger partial charge on any atom is 0.263 e. The number of hydrogen-bond acceptors (Lipinski definition) is 3. The molecular formula is C18H14ClFN2O3. The molecule has 1 heterocycles. The van der Waals surface area contributed by atoms with Crippen LogP contribution in [0.15, 0.2) is 42.5 Å². The standard InChI is InChI=1S/C18H14ClFN2O3/c19-14-3-1-2-13-16(14)18(25)22(17(13)24)9-8-21-15(23)10-11-4-6-12(20)7-5-11/h1-7H,8-10H2,(H,21,23). The Hall–Kier alpha value is -2.73. The first-order valence-electron chi connectivity index (χ1n) is 7.63. The van der Waals surface area contributed by atoms with Gasteiger partial charge in [-0.2, -0.15) is 0 Å². The van der Waals surface area contributed by atoms with E-state index >= 15 is 0 Å². The van der Waals surface area contributed by atoms with Crippen LogP contribution in [-0.2, 0) is 11.2 Å². The van der Waals surface area contributed by atoms with Crippen molar-refractivity contribution in [2.24, 2.45) is 0 Å². The van der Waals surface area contributed by atoms with Crippen molar-refractivity contribution in [2.75, 3.05) is 13.1 Å². The third-order valence-electron chi connectivity index (χ3n) is 3.88. The summed E-state index contributed by atoms with van der Waals surface area (Å²) in [6.07, 6.45) is 0.0915. The highest BCUT2D eigenvalue weighted by Gasteiger charge is 2.36. The number of carbonyl (C=O) groups excluding carboxylic acids is 3. The average molecular weight is 361 g/mol. The van der Waals surface area contributed by atoms with Gasteiger partial charge in [0.15, 0.2) is 0 Å². The van der Waals surface area contributed by atoms with E-state index in [2.05, 4.69) is 5.32 Å². The first-order chi connectivity index (χ1) is 12.0. The molecule has 3 rings (SSSR count). The molecule has 25 heavy (non-hydrogen) atoms. The predicted molar refractivity (Wildman–Crippen MR) is 89.9 cm³/mol. The SMILES string of the molecule is O=C(Cc1ccc(F)cc1)NCCN1C(=O)c2cccc(Cl)c2C1=O. The lowest BCUT2D eigenvalue weighted by Crippen LogP contribution is -2.38. The van der Waals surface area contributed by atoms with Crippen LogP contribution in [0, 0.1) is 5.82 Å². The minimum atomic E-state index is -0.460. The van der Waals surface area contributed by atoms with Crippen molar-refractivity contribution >= 4 is 29.3 Å². The molecule has 128 valence electrons. The highest BCUT2D eigenvalue weighted by molar-refractivity contribution is 6.37. The monoisotopic (exact) mass is 360 g/mol. The molecule has 0 bridgehead atoms. The van der Waals surface area contributed by atoms with Crippen molar-refractivity contribution < 1.29 is 18.8 Å². The number of nitrogens with zero attached hydrogens (tertiary/aromatic N) is 1. The molecule has 0 radical (unpaired) electrons. The average Bonchev–Trinajstić information content (AvgIpc) is 2.83. The van der Waals surface area contributed by atoms with Crippen molar-refractivity contribution in [1.29, 1.82) is 0 Å². The molecular weight excluding hydrogens is 347 g/mol. The van der Waals surface area contributed by atoms with E-state index in [0.717, 1.165) is 4.90 Å². The molecule has 5 nitrogen and oxygen atoms in total. The van der Waals surface area contributed by atoms with E-state index in [1.807, 2.05) is 0 Å². The van der Waals surface area contributed by atoms with Crippen LogP contribution < -0.4 is 5.32 Å². The first-order valence-corrected chi connectivity index (χ1v) is 8.01. The molecule has 1 N–H and O–H groups in total. The van der Waals surface area contributed by atoms with Crippen LogP contribution in [0.5, 0.6) is 0 Å². The zero-order valence-electron chi connectivity index (χ0n) is 13.1. The van der Waals surface area contributed by atoms with Crippen LogP contribution in [-0.4, -0.2) is 35.7 Å². The Kier molecular flexibility index (Phi) is 4.81. The van der Waals surface area contributed by atoms with Gasteiger partial charge in [-0.25, -0.2) is 4.39 Å². The van der Waals surface area contributed by atoms with Gasteiger partial charge in [-0.05, 0) is 29.8 Å². The summed E-state index contributed by atoms with van der Waals surface area (Å²) >= 11 is 5.98. The summed E-state index contributed by atoms with van der Waals surface area (Å²) in [7, 11) is 0. The van der Waals surface area contributed by atoms with Gasteiger partial charge in [0.1, 0.15) is 5.82 Å². The number of halogens is 2. The summed E-state index contributed by atoms with van der Waals surface area (Å²) in [6, 6.07) is 10.3. The van der Waals surface area contributed by atoms with Crippen LogP contribution in [0.2, 0.25) is 5.02 Å². The molecule has 0 aromatic heterocycles. The number of amides is 3. The van der Waals surface area contributed by atoms with Gasteiger partial charge in [-0.1, -0.05) is 29.8 Å². The normalized spacial score (nSPS) is 13.1. The van der Waals surface area contributed by atoms with Gasteiger partial charge in [0.25, 0.3) is 11.8 Å². The van der Waals surface area contributed by atoms with Gasteiger partial charge < -0.3 is 5.32 Å². The summed E-state index contributed by atoms with van der Waals surface area (Å²) in [5.74, 6) is -1.52.